The van der Waals surface area contributed by atoms with Gasteiger partial charge in [0.15, 0.2) is 5.58 Å². The van der Waals surface area contributed by atoms with Crippen molar-refractivity contribution in [1.29, 1.82) is 0 Å². The lowest BCUT2D eigenvalue weighted by Gasteiger charge is -2.32. The second kappa shape index (κ2) is 4.16. The van der Waals surface area contributed by atoms with Gasteiger partial charge in [0.2, 0.25) is 5.65 Å². The normalized spacial score (nSPS) is 21.1. The van der Waals surface area contributed by atoms with Gasteiger partial charge in [0.05, 0.1) is 0 Å². The summed E-state index contributed by atoms with van der Waals surface area (Å²) in [5.41, 5.74) is 1.24. The quantitative estimate of drug-likeness (QED) is 0.783. The molecule has 1 aliphatic rings. The van der Waals surface area contributed by atoms with Crippen LogP contribution in [0.15, 0.2) is 16.5 Å². The van der Waals surface area contributed by atoms with Crippen molar-refractivity contribution in [2.45, 2.75) is 13.0 Å². The first kappa shape index (κ1) is 10.8. The van der Waals surface area contributed by atoms with Gasteiger partial charge < -0.3 is 14.6 Å². The van der Waals surface area contributed by atoms with Gasteiger partial charge >= 0.3 is 0 Å². The van der Waals surface area contributed by atoms with Crippen molar-refractivity contribution in [2.75, 3.05) is 24.5 Å². The van der Waals surface area contributed by atoms with E-state index in [-0.39, 0.29) is 0 Å². The second-order valence-corrected chi connectivity index (χ2v) is 4.59. The van der Waals surface area contributed by atoms with Gasteiger partial charge in [-0.05, 0) is 19.1 Å². The van der Waals surface area contributed by atoms with Gasteiger partial charge in [-0.3, -0.25) is 0 Å². The van der Waals surface area contributed by atoms with Gasteiger partial charge in [-0.25, -0.2) is 4.98 Å². The van der Waals surface area contributed by atoms with E-state index in [0.717, 1.165) is 19.6 Å². The van der Waals surface area contributed by atoms with Crippen LogP contribution in [0.25, 0.3) is 11.2 Å². The number of hydrogen-bond acceptors (Lipinski definition) is 5. The van der Waals surface area contributed by atoms with Crippen molar-refractivity contribution in [3.8, 4) is 0 Å². The van der Waals surface area contributed by atoms with Crippen molar-refractivity contribution in [3.05, 3.63) is 17.3 Å². The number of fused-ring (bicyclic) bond motifs is 1. The Morgan fingerprint density at radius 3 is 3.18 bits per heavy atom. The summed E-state index contributed by atoms with van der Waals surface area (Å²) in [6.45, 7) is 4.91. The third kappa shape index (κ3) is 1.96. The molecule has 5 nitrogen and oxygen atoms in total. The molecule has 0 aliphatic carbocycles. The molecule has 1 unspecified atom stereocenters. The first-order valence-electron chi connectivity index (χ1n) is 5.64. The molecule has 0 aromatic carbocycles. The minimum atomic E-state index is 0.368. The van der Waals surface area contributed by atoms with Crippen molar-refractivity contribution < 1.29 is 4.42 Å². The van der Waals surface area contributed by atoms with Crippen LogP contribution in [0.4, 0.5) is 6.01 Å². The molecule has 1 saturated heterocycles. The number of nitrogens with zero attached hydrogens (tertiary/aromatic N) is 3. The second-order valence-electron chi connectivity index (χ2n) is 4.20. The van der Waals surface area contributed by atoms with Crippen LogP contribution in [-0.4, -0.2) is 35.6 Å². The Morgan fingerprint density at radius 2 is 2.35 bits per heavy atom. The molecule has 1 atom stereocenters. The maximum atomic E-state index is 5.83. The number of aromatic nitrogens is 2. The van der Waals surface area contributed by atoms with Crippen molar-refractivity contribution in [2.24, 2.45) is 0 Å². The molecular formula is C11H13ClN4O. The van der Waals surface area contributed by atoms with Gasteiger partial charge in [0, 0.05) is 25.7 Å². The molecule has 0 spiro atoms. The Morgan fingerprint density at radius 1 is 1.47 bits per heavy atom. The van der Waals surface area contributed by atoms with E-state index in [2.05, 4.69) is 27.1 Å². The average Bonchev–Trinajstić information content (AvgIpc) is 2.72. The Kier molecular flexibility index (Phi) is 2.64. The van der Waals surface area contributed by atoms with E-state index in [9.17, 15) is 0 Å². The molecule has 3 heterocycles. The SMILES string of the molecule is CC1CNCCN1c1nc2nc(Cl)ccc2o1. The summed E-state index contributed by atoms with van der Waals surface area (Å²) < 4.78 is 5.70. The molecule has 2 aromatic rings. The molecule has 0 amide bonds. The number of halogens is 1. The van der Waals surface area contributed by atoms with Crippen LogP contribution >= 0.6 is 11.6 Å². The predicted molar refractivity (Wildman–Crippen MR) is 66.5 cm³/mol. The van der Waals surface area contributed by atoms with E-state index in [1.54, 1.807) is 12.1 Å². The highest BCUT2D eigenvalue weighted by Gasteiger charge is 2.22. The molecule has 2 aromatic heterocycles. The Hall–Kier alpha value is -1.33. The number of hydrogen-bond donors (Lipinski definition) is 1. The average molecular weight is 253 g/mol. The fourth-order valence-electron chi connectivity index (χ4n) is 2.03. The standard InChI is InChI=1S/C11H13ClN4O/c1-7-6-13-4-5-16(7)11-15-10-8(17-11)2-3-9(12)14-10/h2-3,7,13H,4-6H2,1H3. The number of anilines is 1. The van der Waals surface area contributed by atoms with Crippen molar-refractivity contribution in [3.63, 3.8) is 0 Å². The monoisotopic (exact) mass is 252 g/mol. The summed E-state index contributed by atoms with van der Waals surface area (Å²) in [5, 5.41) is 3.77. The van der Waals surface area contributed by atoms with E-state index >= 15 is 0 Å². The molecule has 0 saturated carbocycles. The van der Waals surface area contributed by atoms with Gasteiger partial charge in [-0.15, -0.1) is 0 Å². The lowest BCUT2D eigenvalue weighted by Crippen LogP contribution is -2.50. The molecular weight excluding hydrogens is 240 g/mol. The fraction of sp³-hybridized carbons (Fsp3) is 0.455. The number of piperazine rings is 1. The molecule has 17 heavy (non-hydrogen) atoms. The molecule has 6 heteroatoms. The van der Waals surface area contributed by atoms with Crippen molar-refractivity contribution in [1.82, 2.24) is 15.3 Å². The van der Waals surface area contributed by atoms with E-state index in [0.29, 0.717) is 28.4 Å². The number of nitrogens with one attached hydrogen (secondary N) is 1. The molecule has 0 radical (unpaired) electrons. The van der Waals surface area contributed by atoms with Gasteiger partial charge in [0.25, 0.3) is 6.01 Å². The third-order valence-electron chi connectivity index (χ3n) is 2.96. The van der Waals surface area contributed by atoms with Crippen LogP contribution in [0.3, 0.4) is 0 Å². The van der Waals surface area contributed by atoms with E-state index < -0.39 is 0 Å². The predicted octanol–water partition coefficient (Wildman–Crippen LogP) is 1.67. The van der Waals surface area contributed by atoms with Crippen LogP contribution in [0, 0.1) is 0 Å². The summed E-state index contributed by atoms with van der Waals surface area (Å²) in [5.74, 6) is 0. The summed E-state index contributed by atoms with van der Waals surface area (Å²) >= 11 is 5.83. The maximum Gasteiger partial charge on any atom is 0.300 e. The first-order chi connectivity index (χ1) is 8.24. The lowest BCUT2D eigenvalue weighted by atomic mass is 10.2. The zero-order valence-corrected chi connectivity index (χ0v) is 10.2. The Balaban J connectivity index is 1.99. The van der Waals surface area contributed by atoms with Crippen molar-refractivity contribution >= 4 is 28.8 Å². The van der Waals surface area contributed by atoms with Crippen LogP contribution in [0.1, 0.15) is 6.92 Å². The van der Waals surface area contributed by atoms with Gasteiger partial charge in [0.1, 0.15) is 5.15 Å². The summed E-state index contributed by atoms with van der Waals surface area (Å²) in [4.78, 5) is 10.7. The highest BCUT2D eigenvalue weighted by Crippen LogP contribution is 2.23. The summed E-state index contributed by atoms with van der Waals surface area (Å²) in [7, 11) is 0. The maximum absolute atomic E-state index is 5.83. The van der Waals surface area contributed by atoms with E-state index in [4.69, 9.17) is 16.0 Å². The number of rotatable bonds is 1. The Labute approximate surface area is 104 Å². The number of oxazole rings is 1. The molecule has 90 valence electrons. The fourth-order valence-corrected chi connectivity index (χ4v) is 2.18. The van der Waals surface area contributed by atoms with E-state index in [1.165, 1.54) is 0 Å². The highest BCUT2D eigenvalue weighted by molar-refractivity contribution is 6.29. The zero-order valence-electron chi connectivity index (χ0n) is 9.48. The topological polar surface area (TPSA) is 54.2 Å². The highest BCUT2D eigenvalue weighted by atomic mass is 35.5. The molecule has 1 N–H and O–H groups in total. The van der Waals surface area contributed by atoms with Crippen LogP contribution in [0.2, 0.25) is 5.15 Å². The minimum absolute atomic E-state index is 0.368. The Bertz CT molecular complexity index is 541. The summed E-state index contributed by atoms with van der Waals surface area (Å²) in [6.07, 6.45) is 0. The van der Waals surface area contributed by atoms with Gasteiger partial charge in [-0.2, -0.15) is 4.98 Å². The van der Waals surface area contributed by atoms with E-state index in [1.807, 2.05) is 0 Å². The molecule has 3 rings (SSSR count). The minimum Gasteiger partial charge on any atom is -0.422 e. The molecule has 0 bridgehead atoms. The number of pyridine rings is 1. The molecule has 1 fully saturated rings. The van der Waals surface area contributed by atoms with Crippen LogP contribution < -0.4 is 10.2 Å². The lowest BCUT2D eigenvalue weighted by molar-refractivity contribution is 0.456. The summed E-state index contributed by atoms with van der Waals surface area (Å²) in [6, 6.07) is 4.50. The molecule has 1 aliphatic heterocycles. The van der Waals surface area contributed by atoms with Crippen LogP contribution in [-0.2, 0) is 0 Å². The first-order valence-corrected chi connectivity index (χ1v) is 6.02. The zero-order chi connectivity index (χ0) is 11.8. The largest absolute Gasteiger partial charge is 0.422 e. The van der Waals surface area contributed by atoms with Gasteiger partial charge in [-0.1, -0.05) is 11.6 Å². The smallest absolute Gasteiger partial charge is 0.300 e. The third-order valence-corrected chi connectivity index (χ3v) is 3.17. The van der Waals surface area contributed by atoms with Crippen LogP contribution in [0.5, 0.6) is 0 Å².